The summed E-state index contributed by atoms with van der Waals surface area (Å²) in [6.07, 6.45) is -0.376. The third kappa shape index (κ3) is 2.38. The van der Waals surface area contributed by atoms with Crippen molar-refractivity contribution in [3.63, 3.8) is 0 Å². The Morgan fingerprint density at radius 3 is 3.27 bits per heavy atom. The summed E-state index contributed by atoms with van der Waals surface area (Å²) in [4.78, 5) is 12.6. The van der Waals surface area contributed by atoms with E-state index in [9.17, 15) is 4.79 Å². The Kier molecular flexibility index (Phi) is 2.63. The lowest BCUT2D eigenvalue weighted by atomic mass is 10.4. The highest BCUT2D eigenvalue weighted by Gasteiger charge is 2.15. The van der Waals surface area contributed by atoms with E-state index >= 15 is 0 Å². The van der Waals surface area contributed by atoms with E-state index < -0.39 is 6.52 Å². The minimum absolute atomic E-state index is 0.371. The molecule has 1 aliphatic heterocycles. The van der Waals surface area contributed by atoms with Crippen LogP contribution in [0.1, 0.15) is 8.29 Å². The number of ether oxygens (including phenoxy) is 1. The predicted molar refractivity (Wildman–Crippen MR) is 41.5 cm³/mol. The molecule has 1 heterocycles. The molecule has 0 spiro atoms. The molecule has 0 aliphatic carbocycles. The van der Waals surface area contributed by atoms with Crippen LogP contribution in [0.25, 0.3) is 0 Å². The largest absolute Gasteiger partial charge is 0.450 e. The fourth-order valence-electron chi connectivity index (χ4n) is 0.940. The summed E-state index contributed by atoms with van der Waals surface area (Å²) in [5, 5.41) is 3.02. The minimum Gasteiger partial charge on any atom is -0.450 e. The summed E-state index contributed by atoms with van der Waals surface area (Å²) in [6.45, 7) is 3.46. The standard InChI is InChI=1S/C7H14N2O2/c1-2-11-7(10)9-5-3-8-4-6-9/h8H,2-6H2,1H3/i5D. The van der Waals surface area contributed by atoms with Gasteiger partial charge in [0, 0.05) is 26.2 Å². The molecule has 0 aromatic heterocycles. The first-order valence-corrected chi connectivity index (χ1v) is 3.82. The van der Waals surface area contributed by atoms with Crippen LogP contribution in [-0.4, -0.2) is 43.8 Å². The van der Waals surface area contributed by atoms with Gasteiger partial charge in [0.2, 0.25) is 0 Å². The highest BCUT2D eigenvalue weighted by atomic mass is 16.6. The SMILES string of the molecule is [2H]C1CNCCN1C(=O)OCC. The smallest absolute Gasteiger partial charge is 0.409 e. The van der Waals surface area contributed by atoms with Crippen LogP contribution in [0.4, 0.5) is 4.79 Å². The van der Waals surface area contributed by atoms with Gasteiger partial charge >= 0.3 is 6.09 Å². The second kappa shape index (κ2) is 4.18. The molecule has 4 heteroatoms. The molecule has 4 nitrogen and oxygen atoms in total. The van der Waals surface area contributed by atoms with Gasteiger partial charge in [-0.2, -0.15) is 0 Å². The summed E-state index contributed by atoms with van der Waals surface area (Å²) < 4.78 is 12.3. The van der Waals surface area contributed by atoms with Gasteiger partial charge in [-0.3, -0.25) is 0 Å². The maximum absolute atomic E-state index is 11.2. The third-order valence-electron chi connectivity index (χ3n) is 1.49. The van der Waals surface area contributed by atoms with Crippen LogP contribution in [0.2, 0.25) is 0 Å². The number of rotatable bonds is 1. The van der Waals surface area contributed by atoms with Crippen LogP contribution in [0.5, 0.6) is 0 Å². The summed E-state index contributed by atoms with van der Waals surface area (Å²) in [7, 11) is 0. The molecule has 0 aromatic carbocycles. The highest BCUT2D eigenvalue weighted by molar-refractivity contribution is 5.67. The van der Waals surface area contributed by atoms with Gasteiger partial charge in [0.15, 0.2) is 0 Å². The van der Waals surface area contributed by atoms with Crippen molar-refractivity contribution >= 4 is 6.09 Å². The number of carbonyl (C=O) groups is 1. The lowest BCUT2D eigenvalue weighted by molar-refractivity contribution is 0.102. The van der Waals surface area contributed by atoms with E-state index in [4.69, 9.17) is 6.11 Å². The van der Waals surface area contributed by atoms with Gasteiger partial charge in [-0.1, -0.05) is 0 Å². The maximum atomic E-state index is 11.2. The molecule has 1 amide bonds. The van der Waals surface area contributed by atoms with Crippen molar-refractivity contribution in [2.45, 2.75) is 6.92 Å². The second-order valence-electron chi connectivity index (χ2n) is 2.28. The van der Waals surface area contributed by atoms with Gasteiger partial charge in [0.1, 0.15) is 0 Å². The number of nitrogens with zero attached hydrogens (tertiary/aromatic N) is 1. The van der Waals surface area contributed by atoms with Crippen molar-refractivity contribution in [3.8, 4) is 0 Å². The molecule has 1 N–H and O–H groups in total. The van der Waals surface area contributed by atoms with Gasteiger partial charge < -0.3 is 15.0 Å². The number of nitrogens with one attached hydrogen (secondary N) is 1. The van der Waals surface area contributed by atoms with Gasteiger partial charge in [0.25, 0.3) is 0 Å². The molecule has 1 rings (SSSR count). The molecule has 1 saturated heterocycles. The lowest BCUT2D eigenvalue weighted by Crippen LogP contribution is -2.46. The normalized spacial score (nSPS) is 26.1. The average molecular weight is 159 g/mol. The topological polar surface area (TPSA) is 41.6 Å². The first-order chi connectivity index (χ1) is 5.75. The van der Waals surface area contributed by atoms with Crippen LogP contribution in [0.3, 0.4) is 0 Å². The van der Waals surface area contributed by atoms with Crippen LogP contribution in [-0.2, 0) is 4.74 Å². The highest BCUT2D eigenvalue weighted by Crippen LogP contribution is 1.95. The van der Waals surface area contributed by atoms with Crippen molar-refractivity contribution in [2.75, 3.05) is 32.8 Å². The molecular weight excluding hydrogens is 144 g/mol. The summed E-state index contributed by atoms with van der Waals surface area (Å²) in [5.74, 6) is 0. The Bertz CT molecular complexity index is 165. The van der Waals surface area contributed by atoms with Crippen LogP contribution in [0, 0.1) is 0 Å². The fourth-order valence-corrected chi connectivity index (χ4v) is 0.940. The van der Waals surface area contributed by atoms with Gasteiger partial charge in [-0.25, -0.2) is 4.79 Å². The molecule has 11 heavy (non-hydrogen) atoms. The number of hydrogen-bond donors (Lipinski definition) is 1. The summed E-state index contributed by atoms with van der Waals surface area (Å²) in [6, 6.07) is 0. The third-order valence-corrected chi connectivity index (χ3v) is 1.49. The average Bonchev–Trinajstić information content (AvgIpc) is 2.05. The minimum atomic E-state index is -0.502. The Labute approximate surface area is 67.9 Å². The molecule has 0 saturated carbocycles. The number of amides is 1. The Morgan fingerprint density at radius 2 is 2.64 bits per heavy atom. The molecule has 0 radical (unpaired) electrons. The van der Waals surface area contributed by atoms with Crippen molar-refractivity contribution in [1.82, 2.24) is 10.2 Å². The van der Waals surface area contributed by atoms with E-state index in [0.29, 0.717) is 19.7 Å². The van der Waals surface area contributed by atoms with E-state index in [1.54, 1.807) is 6.92 Å². The number of carbonyl (C=O) groups excluding carboxylic acids is 1. The maximum Gasteiger partial charge on any atom is 0.409 e. The zero-order chi connectivity index (χ0) is 8.97. The Hall–Kier alpha value is -0.770. The quantitative estimate of drug-likeness (QED) is 0.587. The van der Waals surface area contributed by atoms with Crippen molar-refractivity contribution in [1.29, 1.82) is 0 Å². The second-order valence-corrected chi connectivity index (χ2v) is 2.28. The van der Waals surface area contributed by atoms with Crippen molar-refractivity contribution in [3.05, 3.63) is 0 Å². The Morgan fingerprint density at radius 1 is 1.82 bits per heavy atom. The molecule has 0 aromatic rings. The van der Waals surface area contributed by atoms with E-state index in [1.165, 1.54) is 4.90 Å². The summed E-state index contributed by atoms with van der Waals surface area (Å²) in [5.41, 5.74) is 0. The van der Waals surface area contributed by atoms with Crippen LogP contribution >= 0.6 is 0 Å². The van der Waals surface area contributed by atoms with Crippen molar-refractivity contribution in [2.24, 2.45) is 0 Å². The fraction of sp³-hybridized carbons (Fsp3) is 0.857. The first kappa shape index (κ1) is 6.91. The van der Waals surface area contributed by atoms with Gasteiger partial charge in [-0.15, -0.1) is 0 Å². The van der Waals surface area contributed by atoms with Crippen LogP contribution in [0.15, 0.2) is 0 Å². The monoisotopic (exact) mass is 159 g/mol. The van der Waals surface area contributed by atoms with E-state index in [2.05, 4.69) is 5.32 Å². The Balaban J connectivity index is 2.42. The van der Waals surface area contributed by atoms with Gasteiger partial charge in [0.05, 0.1) is 7.98 Å². The molecule has 1 aliphatic rings. The molecule has 1 atom stereocenters. The molecule has 0 bridgehead atoms. The van der Waals surface area contributed by atoms with E-state index in [0.717, 1.165) is 6.54 Å². The first-order valence-electron chi connectivity index (χ1n) is 4.39. The van der Waals surface area contributed by atoms with Gasteiger partial charge in [-0.05, 0) is 6.92 Å². The molecule has 1 fully saturated rings. The number of piperazine rings is 1. The van der Waals surface area contributed by atoms with Crippen molar-refractivity contribution < 1.29 is 10.9 Å². The summed E-state index contributed by atoms with van der Waals surface area (Å²) >= 11 is 0. The van der Waals surface area contributed by atoms with E-state index in [1.807, 2.05) is 0 Å². The van der Waals surface area contributed by atoms with Crippen LogP contribution < -0.4 is 5.32 Å². The predicted octanol–water partition coefficient (Wildman–Crippen LogP) is 0.0481. The number of hydrogen-bond acceptors (Lipinski definition) is 3. The zero-order valence-electron chi connectivity index (χ0n) is 7.67. The molecular formula is C7H14N2O2. The zero-order valence-corrected chi connectivity index (χ0v) is 6.67. The van der Waals surface area contributed by atoms with E-state index in [-0.39, 0.29) is 6.09 Å². The molecule has 64 valence electrons. The lowest BCUT2D eigenvalue weighted by Gasteiger charge is -2.26. The molecule has 1 unspecified atom stereocenters.